The van der Waals surface area contributed by atoms with E-state index in [0.717, 1.165) is 11.8 Å². The second-order valence-electron chi connectivity index (χ2n) is 4.44. The van der Waals surface area contributed by atoms with Crippen LogP contribution in [0.2, 0.25) is 0 Å². The van der Waals surface area contributed by atoms with Crippen molar-refractivity contribution >= 4 is 23.8 Å². The monoisotopic (exact) mass is 335 g/mol. The van der Waals surface area contributed by atoms with Crippen LogP contribution in [0.15, 0.2) is 28.3 Å². The minimum atomic E-state index is -1.07. The first-order valence-electron chi connectivity index (χ1n) is 6.83. The van der Waals surface area contributed by atoms with Crippen molar-refractivity contribution in [2.75, 3.05) is 14.2 Å². The number of rotatable bonds is 7. The number of ether oxygens (including phenoxy) is 2. The molecule has 1 heterocycles. The third-order valence-electron chi connectivity index (χ3n) is 2.98. The Morgan fingerprint density at radius 1 is 1.39 bits per heavy atom. The standard InChI is InChI=1S/C15H17N3O4S/c1-4-13-16-15(18-17-13)23-12(14(19)20)8-9-7-10(21-2)5-6-11(9)22-3/h5-8H,4H2,1-3H3,(H,19,20)(H,16,17,18)/b12-8-. The molecule has 0 aliphatic heterocycles. The molecule has 0 fully saturated rings. The fraction of sp³-hybridized carbons (Fsp3) is 0.267. The highest BCUT2D eigenvalue weighted by Crippen LogP contribution is 2.31. The molecule has 2 aromatic rings. The fourth-order valence-corrected chi connectivity index (χ4v) is 2.53. The molecule has 2 rings (SSSR count). The maximum atomic E-state index is 11.5. The van der Waals surface area contributed by atoms with E-state index in [1.165, 1.54) is 13.2 Å². The van der Waals surface area contributed by atoms with Crippen molar-refractivity contribution in [2.45, 2.75) is 18.5 Å². The van der Waals surface area contributed by atoms with E-state index in [1.807, 2.05) is 6.92 Å². The van der Waals surface area contributed by atoms with E-state index >= 15 is 0 Å². The number of aliphatic carboxylic acids is 1. The van der Waals surface area contributed by atoms with Gasteiger partial charge in [-0.2, -0.15) is 0 Å². The fourth-order valence-electron chi connectivity index (χ4n) is 1.81. The zero-order valence-electron chi connectivity index (χ0n) is 13.0. The highest BCUT2D eigenvalue weighted by Gasteiger charge is 2.15. The minimum absolute atomic E-state index is 0.0817. The summed E-state index contributed by atoms with van der Waals surface area (Å²) < 4.78 is 10.4. The first-order chi connectivity index (χ1) is 11.1. The highest BCUT2D eigenvalue weighted by atomic mass is 32.2. The summed E-state index contributed by atoms with van der Waals surface area (Å²) in [7, 11) is 3.07. The molecule has 23 heavy (non-hydrogen) atoms. The maximum absolute atomic E-state index is 11.5. The van der Waals surface area contributed by atoms with Gasteiger partial charge in [-0.25, -0.2) is 9.78 Å². The van der Waals surface area contributed by atoms with E-state index in [1.54, 1.807) is 25.3 Å². The molecule has 0 aliphatic carbocycles. The summed E-state index contributed by atoms with van der Waals surface area (Å²) in [5.74, 6) is 0.797. The summed E-state index contributed by atoms with van der Waals surface area (Å²) >= 11 is 0.972. The van der Waals surface area contributed by atoms with Crippen LogP contribution in [-0.4, -0.2) is 40.5 Å². The van der Waals surface area contributed by atoms with Gasteiger partial charge in [0.15, 0.2) is 0 Å². The van der Waals surface area contributed by atoms with Crippen LogP contribution >= 0.6 is 11.8 Å². The van der Waals surface area contributed by atoms with Crippen molar-refractivity contribution < 1.29 is 19.4 Å². The minimum Gasteiger partial charge on any atom is -0.497 e. The Balaban J connectivity index is 2.36. The van der Waals surface area contributed by atoms with Gasteiger partial charge in [0.25, 0.3) is 0 Å². The first-order valence-corrected chi connectivity index (χ1v) is 7.65. The number of hydrogen-bond donors (Lipinski definition) is 2. The number of carbonyl (C=O) groups is 1. The molecular weight excluding hydrogens is 318 g/mol. The van der Waals surface area contributed by atoms with E-state index in [2.05, 4.69) is 15.2 Å². The molecule has 122 valence electrons. The summed E-state index contributed by atoms with van der Waals surface area (Å²) in [6, 6.07) is 5.17. The third-order valence-corrected chi connectivity index (χ3v) is 3.86. The summed E-state index contributed by atoms with van der Waals surface area (Å²) in [4.78, 5) is 15.8. The average Bonchev–Trinajstić information content (AvgIpc) is 3.01. The van der Waals surface area contributed by atoms with Gasteiger partial charge in [-0.1, -0.05) is 6.92 Å². The van der Waals surface area contributed by atoms with Crippen molar-refractivity contribution in [2.24, 2.45) is 0 Å². The number of H-pyrrole nitrogens is 1. The molecular formula is C15H17N3O4S. The number of hydrogen-bond acceptors (Lipinski definition) is 6. The second-order valence-corrected chi connectivity index (χ2v) is 5.45. The van der Waals surface area contributed by atoms with Crippen molar-refractivity contribution in [3.63, 3.8) is 0 Å². The Labute approximate surface area is 137 Å². The van der Waals surface area contributed by atoms with Crippen LogP contribution in [0.3, 0.4) is 0 Å². The van der Waals surface area contributed by atoms with Crippen molar-refractivity contribution in [3.8, 4) is 11.5 Å². The Hall–Kier alpha value is -2.48. The molecule has 0 unspecified atom stereocenters. The quantitative estimate of drug-likeness (QED) is 0.593. The smallest absolute Gasteiger partial charge is 0.342 e. The number of aromatic nitrogens is 3. The summed E-state index contributed by atoms with van der Waals surface area (Å²) in [6.45, 7) is 1.93. The van der Waals surface area contributed by atoms with Crippen LogP contribution in [0.25, 0.3) is 6.08 Å². The zero-order chi connectivity index (χ0) is 16.8. The van der Waals surface area contributed by atoms with E-state index in [4.69, 9.17) is 9.47 Å². The molecule has 2 N–H and O–H groups in total. The average molecular weight is 335 g/mol. The van der Waals surface area contributed by atoms with Crippen LogP contribution in [0.5, 0.6) is 11.5 Å². The van der Waals surface area contributed by atoms with Gasteiger partial charge in [-0.05, 0) is 36.0 Å². The lowest BCUT2D eigenvalue weighted by Gasteiger charge is -2.08. The van der Waals surface area contributed by atoms with Gasteiger partial charge < -0.3 is 14.6 Å². The Morgan fingerprint density at radius 3 is 2.74 bits per heavy atom. The zero-order valence-corrected chi connectivity index (χ0v) is 13.8. The van der Waals surface area contributed by atoms with Gasteiger partial charge in [-0.15, -0.1) is 5.10 Å². The number of methoxy groups -OCH3 is 2. The lowest BCUT2D eigenvalue weighted by molar-refractivity contribution is -0.131. The van der Waals surface area contributed by atoms with Gasteiger partial charge >= 0.3 is 5.97 Å². The van der Waals surface area contributed by atoms with E-state index in [9.17, 15) is 9.90 Å². The highest BCUT2D eigenvalue weighted by molar-refractivity contribution is 8.04. The number of nitrogens with zero attached hydrogens (tertiary/aromatic N) is 2. The van der Waals surface area contributed by atoms with Crippen molar-refractivity contribution in [3.05, 3.63) is 34.5 Å². The predicted octanol–water partition coefficient (Wildman–Crippen LogP) is 2.60. The molecule has 0 saturated carbocycles. The van der Waals surface area contributed by atoms with Crippen LogP contribution in [-0.2, 0) is 11.2 Å². The molecule has 0 radical (unpaired) electrons. The van der Waals surface area contributed by atoms with Crippen LogP contribution in [0.1, 0.15) is 18.3 Å². The number of nitrogens with one attached hydrogen (secondary N) is 1. The summed E-state index contributed by atoms with van der Waals surface area (Å²) in [5, 5.41) is 16.5. The van der Waals surface area contributed by atoms with Gasteiger partial charge in [0.2, 0.25) is 5.16 Å². The van der Waals surface area contributed by atoms with Crippen LogP contribution < -0.4 is 9.47 Å². The predicted molar refractivity (Wildman–Crippen MR) is 86.8 cm³/mol. The van der Waals surface area contributed by atoms with Gasteiger partial charge in [0.05, 0.1) is 14.2 Å². The molecule has 0 bridgehead atoms. The topological polar surface area (TPSA) is 97.3 Å². The van der Waals surface area contributed by atoms with Crippen LogP contribution in [0.4, 0.5) is 0 Å². The second kappa shape index (κ2) is 7.68. The van der Waals surface area contributed by atoms with Gasteiger partial charge in [0, 0.05) is 12.0 Å². The number of aryl methyl sites for hydroxylation is 1. The number of aromatic amines is 1. The maximum Gasteiger partial charge on any atom is 0.342 e. The first kappa shape index (κ1) is 16.9. The molecule has 0 spiro atoms. The number of carboxylic acids is 1. The summed E-state index contributed by atoms with van der Waals surface area (Å²) in [6.07, 6.45) is 2.21. The van der Waals surface area contributed by atoms with Crippen molar-refractivity contribution in [1.29, 1.82) is 0 Å². The SMILES string of the molecule is CCc1nc(S/C(=C\c2cc(OC)ccc2OC)C(=O)O)n[nH]1. The van der Waals surface area contributed by atoms with Gasteiger partial charge in [-0.3, -0.25) is 5.10 Å². The largest absolute Gasteiger partial charge is 0.497 e. The molecule has 0 atom stereocenters. The molecule has 8 heteroatoms. The molecule has 0 aliphatic rings. The third kappa shape index (κ3) is 4.26. The van der Waals surface area contributed by atoms with Gasteiger partial charge in [0.1, 0.15) is 22.2 Å². The lowest BCUT2D eigenvalue weighted by atomic mass is 10.1. The molecule has 7 nitrogen and oxygen atoms in total. The molecule has 0 amide bonds. The number of carboxylic acid groups (broad SMARTS) is 1. The summed E-state index contributed by atoms with van der Waals surface area (Å²) in [5.41, 5.74) is 0.600. The molecule has 0 saturated heterocycles. The number of thioether (sulfide) groups is 1. The van der Waals surface area contributed by atoms with E-state index in [-0.39, 0.29) is 4.91 Å². The van der Waals surface area contributed by atoms with Crippen molar-refractivity contribution in [1.82, 2.24) is 15.2 Å². The molecule has 1 aromatic heterocycles. The van der Waals surface area contributed by atoms with E-state index in [0.29, 0.717) is 34.5 Å². The van der Waals surface area contributed by atoms with E-state index < -0.39 is 5.97 Å². The lowest BCUT2D eigenvalue weighted by Crippen LogP contribution is -1.98. The molecule has 1 aromatic carbocycles. The Morgan fingerprint density at radius 2 is 2.17 bits per heavy atom. The number of benzene rings is 1. The van der Waals surface area contributed by atoms with Crippen LogP contribution in [0, 0.1) is 0 Å². The normalized spacial score (nSPS) is 11.3. The Bertz CT molecular complexity index is 727. The Kier molecular flexibility index (Phi) is 5.64.